The van der Waals surface area contributed by atoms with E-state index in [2.05, 4.69) is 25.7 Å². The van der Waals surface area contributed by atoms with Crippen molar-refractivity contribution in [1.29, 1.82) is 0 Å². The van der Waals surface area contributed by atoms with Crippen molar-refractivity contribution in [2.24, 2.45) is 0 Å². The maximum Gasteiger partial charge on any atom is 0.357 e. The van der Waals surface area contributed by atoms with Crippen LogP contribution in [0.3, 0.4) is 0 Å². The molecule has 0 bridgehead atoms. The molecule has 0 fully saturated rings. The molecule has 0 aliphatic heterocycles. The van der Waals surface area contributed by atoms with Gasteiger partial charge in [-0.15, -0.1) is 0 Å². The predicted molar refractivity (Wildman–Crippen MR) is 65.6 cm³/mol. The van der Waals surface area contributed by atoms with Gasteiger partial charge in [-0.05, 0) is 35.6 Å². The summed E-state index contributed by atoms with van der Waals surface area (Å²) in [4.78, 5) is 15.2. The molecule has 0 aromatic carbocycles. The van der Waals surface area contributed by atoms with Crippen molar-refractivity contribution in [2.75, 3.05) is 6.61 Å². The van der Waals surface area contributed by atoms with E-state index in [0.717, 1.165) is 0 Å². The van der Waals surface area contributed by atoms with Crippen LogP contribution in [-0.2, 0) is 4.74 Å². The smallest absolute Gasteiger partial charge is 0.357 e. The number of aromatic nitrogens is 1. The maximum atomic E-state index is 12.7. The van der Waals surface area contributed by atoms with Crippen molar-refractivity contribution in [1.82, 2.24) is 4.98 Å². The number of hydrogen-bond donors (Lipinski definition) is 0. The molecule has 16 heavy (non-hydrogen) atoms. The minimum absolute atomic E-state index is 0.117. The van der Waals surface area contributed by atoms with E-state index >= 15 is 0 Å². The molecular formula is C9H7BrF2INO2. The van der Waals surface area contributed by atoms with E-state index in [0.29, 0.717) is 3.70 Å². The summed E-state index contributed by atoms with van der Waals surface area (Å²) in [6, 6.07) is 1.42. The summed E-state index contributed by atoms with van der Waals surface area (Å²) >= 11 is 4.82. The van der Waals surface area contributed by atoms with Gasteiger partial charge >= 0.3 is 5.97 Å². The summed E-state index contributed by atoms with van der Waals surface area (Å²) in [5, 5.41) is 0. The van der Waals surface area contributed by atoms with E-state index < -0.39 is 18.0 Å². The van der Waals surface area contributed by atoms with Crippen LogP contribution in [0.1, 0.15) is 29.4 Å². The maximum absolute atomic E-state index is 12.7. The van der Waals surface area contributed by atoms with Crippen molar-refractivity contribution in [2.45, 2.75) is 13.3 Å². The predicted octanol–water partition coefficient (Wildman–Crippen LogP) is 3.56. The van der Waals surface area contributed by atoms with Crippen LogP contribution in [-0.4, -0.2) is 17.6 Å². The number of ether oxygens (including phenoxy) is 1. The summed E-state index contributed by atoms with van der Waals surface area (Å²) in [6.07, 6.45) is -2.78. The third-order valence-corrected chi connectivity index (χ3v) is 2.87. The molecule has 0 spiro atoms. The number of esters is 1. The first-order chi connectivity index (χ1) is 7.47. The van der Waals surface area contributed by atoms with E-state index in [4.69, 9.17) is 0 Å². The molecule has 88 valence electrons. The molecule has 0 saturated heterocycles. The average molecular weight is 406 g/mol. The van der Waals surface area contributed by atoms with Crippen LogP contribution in [0.15, 0.2) is 10.5 Å². The summed E-state index contributed by atoms with van der Waals surface area (Å²) in [5.41, 5.74) is -0.769. The topological polar surface area (TPSA) is 39.2 Å². The Morgan fingerprint density at radius 3 is 2.81 bits per heavy atom. The molecular weight excluding hydrogens is 399 g/mol. The normalized spacial score (nSPS) is 10.6. The molecule has 1 rings (SSSR count). The second-order valence-corrected chi connectivity index (χ2v) is 4.67. The first-order valence-corrected chi connectivity index (χ1v) is 6.15. The fourth-order valence-electron chi connectivity index (χ4n) is 1.06. The molecule has 0 amide bonds. The molecule has 7 heteroatoms. The van der Waals surface area contributed by atoms with E-state index in [9.17, 15) is 13.6 Å². The number of hydrogen-bond acceptors (Lipinski definition) is 3. The lowest BCUT2D eigenvalue weighted by atomic mass is 10.2. The molecule has 0 aliphatic carbocycles. The third kappa shape index (κ3) is 3.09. The van der Waals surface area contributed by atoms with E-state index in [-0.39, 0.29) is 16.8 Å². The minimum atomic E-state index is -2.78. The zero-order chi connectivity index (χ0) is 12.3. The Morgan fingerprint density at radius 2 is 2.31 bits per heavy atom. The second kappa shape index (κ2) is 5.85. The number of carbonyl (C=O) groups is 1. The molecule has 0 radical (unpaired) electrons. The Morgan fingerprint density at radius 1 is 1.69 bits per heavy atom. The number of pyridine rings is 1. The highest BCUT2D eigenvalue weighted by Crippen LogP contribution is 2.31. The number of nitrogens with zero attached hydrogens (tertiary/aromatic N) is 1. The zero-order valence-electron chi connectivity index (χ0n) is 8.14. The van der Waals surface area contributed by atoms with Gasteiger partial charge in [0.25, 0.3) is 6.43 Å². The van der Waals surface area contributed by atoms with Crippen molar-refractivity contribution < 1.29 is 18.3 Å². The van der Waals surface area contributed by atoms with Crippen LogP contribution < -0.4 is 0 Å². The molecule has 0 saturated carbocycles. The highest BCUT2D eigenvalue weighted by atomic mass is 127. The van der Waals surface area contributed by atoms with Gasteiger partial charge in [0.15, 0.2) is 5.69 Å². The Bertz CT molecular complexity index is 415. The van der Waals surface area contributed by atoms with Crippen molar-refractivity contribution in [3.8, 4) is 0 Å². The number of carbonyl (C=O) groups excluding carboxylic acids is 1. The van der Waals surface area contributed by atoms with Gasteiger partial charge in [0.2, 0.25) is 0 Å². The SMILES string of the molecule is CCOC(=O)c1nc(I)cc(Br)c1C(F)F. The number of halogens is 4. The van der Waals surface area contributed by atoms with Crippen LogP contribution in [0.2, 0.25) is 0 Å². The zero-order valence-corrected chi connectivity index (χ0v) is 11.9. The quantitative estimate of drug-likeness (QED) is 0.438. The van der Waals surface area contributed by atoms with Gasteiger partial charge in [-0.3, -0.25) is 0 Å². The van der Waals surface area contributed by atoms with Crippen LogP contribution in [0, 0.1) is 3.70 Å². The van der Waals surface area contributed by atoms with Gasteiger partial charge in [0, 0.05) is 4.47 Å². The monoisotopic (exact) mass is 405 g/mol. The van der Waals surface area contributed by atoms with Crippen LogP contribution in [0.4, 0.5) is 8.78 Å². The molecule has 1 aromatic heterocycles. The Kier molecular flexibility index (Phi) is 5.03. The fourth-order valence-corrected chi connectivity index (χ4v) is 2.62. The Hall–Kier alpha value is -0.310. The molecule has 3 nitrogen and oxygen atoms in total. The fraction of sp³-hybridized carbons (Fsp3) is 0.333. The first-order valence-electron chi connectivity index (χ1n) is 4.28. The highest BCUT2D eigenvalue weighted by Gasteiger charge is 2.24. The lowest BCUT2D eigenvalue weighted by Gasteiger charge is -2.09. The van der Waals surface area contributed by atoms with Gasteiger partial charge in [0.05, 0.1) is 12.2 Å². The molecule has 0 atom stereocenters. The van der Waals surface area contributed by atoms with Crippen LogP contribution in [0.25, 0.3) is 0 Å². The largest absolute Gasteiger partial charge is 0.461 e. The molecule has 1 aromatic rings. The van der Waals surface area contributed by atoms with Gasteiger partial charge < -0.3 is 4.74 Å². The Balaban J connectivity index is 3.29. The van der Waals surface area contributed by atoms with E-state index in [1.54, 1.807) is 6.92 Å². The molecule has 0 aliphatic rings. The molecule has 0 N–H and O–H groups in total. The van der Waals surface area contributed by atoms with Gasteiger partial charge in [-0.2, -0.15) is 0 Å². The summed E-state index contributed by atoms with van der Waals surface area (Å²) in [6.45, 7) is 1.72. The summed E-state index contributed by atoms with van der Waals surface area (Å²) < 4.78 is 30.7. The number of rotatable bonds is 3. The lowest BCUT2D eigenvalue weighted by molar-refractivity contribution is 0.0507. The third-order valence-electron chi connectivity index (χ3n) is 1.66. The summed E-state index contributed by atoms with van der Waals surface area (Å²) in [5.74, 6) is -0.836. The molecule has 0 unspecified atom stereocenters. The standard InChI is InChI=1S/C9H7BrF2INO2/c1-2-16-9(15)7-6(8(11)12)4(10)3-5(13)14-7/h3,8H,2H2,1H3. The number of alkyl halides is 2. The van der Waals surface area contributed by atoms with E-state index in [1.807, 2.05) is 22.6 Å². The Labute approximate surface area is 113 Å². The molecule has 1 heterocycles. The average Bonchev–Trinajstić information content (AvgIpc) is 2.15. The highest BCUT2D eigenvalue weighted by molar-refractivity contribution is 14.1. The second-order valence-electron chi connectivity index (χ2n) is 2.71. The van der Waals surface area contributed by atoms with Crippen molar-refractivity contribution in [3.05, 3.63) is 25.5 Å². The summed E-state index contributed by atoms with van der Waals surface area (Å²) in [7, 11) is 0. The van der Waals surface area contributed by atoms with Gasteiger partial charge in [0.1, 0.15) is 3.70 Å². The van der Waals surface area contributed by atoms with Gasteiger partial charge in [-0.25, -0.2) is 18.6 Å². The first kappa shape index (κ1) is 13.8. The lowest BCUT2D eigenvalue weighted by Crippen LogP contribution is -2.12. The minimum Gasteiger partial charge on any atom is -0.461 e. The van der Waals surface area contributed by atoms with Crippen LogP contribution >= 0.6 is 38.5 Å². The van der Waals surface area contributed by atoms with Gasteiger partial charge in [-0.1, -0.05) is 15.9 Å². The van der Waals surface area contributed by atoms with Crippen LogP contribution in [0.5, 0.6) is 0 Å². The van der Waals surface area contributed by atoms with E-state index in [1.165, 1.54) is 6.07 Å². The van der Waals surface area contributed by atoms with Crippen molar-refractivity contribution in [3.63, 3.8) is 0 Å². The van der Waals surface area contributed by atoms with Crippen molar-refractivity contribution >= 4 is 44.5 Å².